The van der Waals surface area contributed by atoms with Gasteiger partial charge in [-0.05, 0) is 42.0 Å². The lowest BCUT2D eigenvalue weighted by Crippen LogP contribution is -2.12. The van der Waals surface area contributed by atoms with Crippen LogP contribution in [0.25, 0.3) is 5.57 Å². The van der Waals surface area contributed by atoms with Crippen LogP contribution in [0.5, 0.6) is 0 Å². The van der Waals surface area contributed by atoms with Crippen LogP contribution in [0.4, 0.5) is 0 Å². The summed E-state index contributed by atoms with van der Waals surface area (Å²) in [4.78, 5) is 0.984. The quantitative estimate of drug-likeness (QED) is 0.717. The van der Waals surface area contributed by atoms with E-state index in [-0.39, 0.29) is 5.92 Å². The van der Waals surface area contributed by atoms with E-state index in [0.29, 0.717) is 15.7 Å². The van der Waals surface area contributed by atoms with Gasteiger partial charge in [-0.1, -0.05) is 37.6 Å². The Balaban J connectivity index is 2.36. The molecule has 18 heavy (non-hydrogen) atoms. The Bertz CT molecular complexity index is 693. The molecule has 1 aliphatic heterocycles. The minimum Gasteiger partial charge on any atom is -0.218 e. The van der Waals surface area contributed by atoms with Gasteiger partial charge in [-0.15, -0.1) is 0 Å². The van der Waals surface area contributed by atoms with Crippen molar-refractivity contribution in [2.45, 2.75) is 25.7 Å². The standard InChI is InChI=1S/C15H16O2S/c1-9-4-6-13-12(8-9)15-11(3)10(2)5-7-14(15)18(13,16)17/h4-8,10-11H,1-3H3. The first-order valence-corrected chi connectivity index (χ1v) is 7.69. The van der Waals surface area contributed by atoms with Crippen molar-refractivity contribution in [3.63, 3.8) is 0 Å². The second-order valence-electron chi connectivity index (χ2n) is 5.29. The summed E-state index contributed by atoms with van der Waals surface area (Å²) in [5.41, 5.74) is 3.02. The number of hydrogen-bond donors (Lipinski definition) is 0. The predicted octanol–water partition coefficient (Wildman–Crippen LogP) is 3.34. The third-order valence-electron chi connectivity index (χ3n) is 4.06. The first-order valence-electron chi connectivity index (χ1n) is 6.21. The number of sulfone groups is 1. The van der Waals surface area contributed by atoms with Crippen LogP contribution in [0.2, 0.25) is 0 Å². The van der Waals surface area contributed by atoms with E-state index in [4.69, 9.17) is 0 Å². The number of aryl methyl sites for hydroxylation is 1. The molecule has 1 heterocycles. The molecule has 0 amide bonds. The van der Waals surface area contributed by atoms with Crippen molar-refractivity contribution < 1.29 is 8.42 Å². The lowest BCUT2D eigenvalue weighted by atomic mass is 9.81. The maximum atomic E-state index is 12.5. The van der Waals surface area contributed by atoms with Gasteiger partial charge in [0, 0.05) is 0 Å². The van der Waals surface area contributed by atoms with Gasteiger partial charge in [0.1, 0.15) is 0 Å². The first kappa shape index (κ1) is 11.7. The third kappa shape index (κ3) is 1.37. The van der Waals surface area contributed by atoms with Crippen molar-refractivity contribution in [2.75, 3.05) is 0 Å². The summed E-state index contributed by atoms with van der Waals surface area (Å²) in [6.45, 7) is 6.24. The van der Waals surface area contributed by atoms with Crippen LogP contribution in [0, 0.1) is 18.8 Å². The molecule has 0 radical (unpaired) electrons. The van der Waals surface area contributed by atoms with E-state index in [9.17, 15) is 8.42 Å². The highest BCUT2D eigenvalue weighted by atomic mass is 32.2. The summed E-state index contributed by atoms with van der Waals surface area (Å²) in [6.07, 6.45) is 3.78. The van der Waals surface area contributed by atoms with E-state index in [1.54, 1.807) is 12.1 Å². The number of fused-ring (bicyclic) bond motifs is 2. The van der Waals surface area contributed by atoms with Crippen LogP contribution in [0.15, 0.2) is 40.2 Å². The first-order chi connectivity index (χ1) is 8.43. The van der Waals surface area contributed by atoms with Crippen LogP contribution in [-0.2, 0) is 9.84 Å². The number of benzene rings is 1. The highest BCUT2D eigenvalue weighted by molar-refractivity contribution is 7.96. The van der Waals surface area contributed by atoms with Crippen LogP contribution in [-0.4, -0.2) is 8.42 Å². The summed E-state index contributed by atoms with van der Waals surface area (Å²) in [5.74, 6) is 0.633. The molecule has 0 saturated heterocycles. The van der Waals surface area contributed by atoms with Gasteiger partial charge in [-0.25, -0.2) is 8.42 Å². The largest absolute Gasteiger partial charge is 0.218 e. The van der Waals surface area contributed by atoms with Crippen molar-refractivity contribution in [1.82, 2.24) is 0 Å². The Morgan fingerprint density at radius 1 is 1.17 bits per heavy atom. The molecule has 2 nitrogen and oxygen atoms in total. The molecule has 0 N–H and O–H groups in total. The van der Waals surface area contributed by atoms with Crippen molar-refractivity contribution in [1.29, 1.82) is 0 Å². The van der Waals surface area contributed by atoms with Gasteiger partial charge < -0.3 is 0 Å². The van der Waals surface area contributed by atoms with Gasteiger partial charge in [0.25, 0.3) is 0 Å². The lowest BCUT2D eigenvalue weighted by Gasteiger charge is -2.23. The second-order valence-corrected chi connectivity index (χ2v) is 7.17. The Morgan fingerprint density at radius 3 is 2.61 bits per heavy atom. The van der Waals surface area contributed by atoms with Crippen LogP contribution in [0.1, 0.15) is 25.0 Å². The average molecular weight is 260 g/mol. The maximum Gasteiger partial charge on any atom is 0.207 e. The van der Waals surface area contributed by atoms with Crippen LogP contribution in [0.3, 0.4) is 0 Å². The molecular formula is C15H16O2S. The molecule has 0 spiro atoms. The summed E-state index contributed by atoms with van der Waals surface area (Å²) in [6, 6.07) is 5.60. The zero-order valence-electron chi connectivity index (χ0n) is 10.8. The fourth-order valence-corrected chi connectivity index (χ4v) is 4.59. The summed E-state index contributed by atoms with van der Waals surface area (Å²) in [5, 5.41) is 0. The minimum atomic E-state index is -3.29. The molecular weight excluding hydrogens is 244 g/mol. The number of hydrogen-bond acceptors (Lipinski definition) is 2. The van der Waals surface area contributed by atoms with Crippen LogP contribution >= 0.6 is 0 Å². The van der Waals surface area contributed by atoms with Gasteiger partial charge in [-0.3, -0.25) is 0 Å². The molecule has 94 valence electrons. The maximum absolute atomic E-state index is 12.5. The summed E-state index contributed by atoms with van der Waals surface area (Å²) in [7, 11) is -3.29. The van der Waals surface area contributed by atoms with Gasteiger partial charge in [0.2, 0.25) is 9.84 Å². The average Bonchev–Trinajstić information content (AvgIpc) is 2.52. The fourth-order valence-electron chi connectivity index (χ4n) is 2.80. The SMILES string of the molecule is Cc1ccc2c(c1)C1=C(C=CC(C)C1C)S2(=O)=O. The molecule has 2 atom stereocenters. The van der Waals surface area contributed by atoms with Crippen molar-refractivity contribution in [3.8, 4) is 0 Å². The van der Waals surface area contributed by atoms with E-state index >= 15 is 0 Å². The zero-order valence-corrected chi connectivity index (χ0v) is 11.6. The molecule has 1 aromatic rings. The van der Waals surface area contributed by atoms with E-state index in [1.807, 2.05) is 25.1 Å². The zero-order chi connectivity index (χ0) is 13.1. The topological polar surface area (TPSA) is 34.1 Å². The molecule has 0 aromatic heterocycles. The van der Waals surface area contributed by atoms with E-state index in [0.717, 1.165) is 16.7 Å². The predicted molar refractivity (Wildman–Crippen MR) is 72.8 cm³/mol. The van der Waals surface area contributed by atoms with Crippen LogP contribution < -0.4 is 0 Å². The normalized spacial score (nSPS) is 28.2. The molecule has 2 aliphatic rings. The van der Waals surface area contributed by atoms with Crippen molar-refractivity contribution in [2.24, 2.45) is 11.8 Å². The fraction of sp³-hybridized carbons (Fsp3) is 0.333. The highest BCUT2D eigenvalue weighted by Crippen LogP contribution is 2.47. The number of allylic oxidation sites excluding steroid dienone is 3. The molecule has 0 fully saturated rings. The third-order valence-corrected chi connectivity index (χ3v) is 5.93. The Kier molecular flexibility index (Phi) is 2.33. The Morgan fingerprint density at radius 2 is 1.89 bits per heavy atom. The Labute approximate surface area is 108 Å². The van der Waals surface area contributed by atoms with Crippen molar-refractivity contribution >= 4 is 15.4 Å². The summed E-state index contributed by atoms with van der Waals surface area (Å²) < 4.78 is 24.9. The monoisotopic (exact) mass is 260 g/mol. The molecule has 1 aromatic carbocycles. The molecule has 1 aliphatic carbocycles. The smallest absolute Gasteiger partial charge is 0.207 e. The molecule has 2 unspecified atom stereocenters. The Hall–Kier alpha value is -1.35. The van der Waals surface area contributed by atoms with E-state index < -0.39 is 9.84 Å². The van der Waals surface area contributed by atoms with Gasteiger partial charge in [-0.2, -0.15) is 0 Å². The second kappa shape index (κ2) is 3.58. The molecule has 0 bridgehead atoms. The van der Waals surface area contributed by atoms with Gasteiger partial charge >= 0.3 is 0 Å². The molecule has 3 rings (SSSR count). The van der Waals surface area contributed by atoms with Gasteiger partial charge in [0.05, 0.1) is 9.80 Å². The molecule has 3 heteroatoms. The van der Waals surface area contributed by atoms with Crippen molar-refractivity contribution in [3.05, 3.63) is 46.4 Å². The van der Waals surface area contributed by atoms with Gasteiger partial charge in [0.15, 0.2) is 0 Å². The minimum absolute atomic E-state index is 0.253. The van der Waals surface area contributed by atoms with E-state index in [1.165, 1.54) is 0 Å². The summed E-state index contributed by atoms with van der Waals surface area (Å²) >= 11 is 0. The number of rotatable bonds is 0. The lowest BCUT2D eigenvalue weighted by molar-refractivity contribution is 0.566. The van der Waals surface area contributed by atoms with E-state index in [2.05, 4.69) is 13.8 Å². The highest BCUT2D eigenvalue weighted by Gasteiger charge is 2.38. The molecule has 0 saturated carbocycles.